The summed E-state index contributed by atoms with van der Waals surface area (Å²) in [6, 6.07) is 30.1. The Morgan fingerprint density at radius 3 is 1.92 bits per heavy atom. The van der Waals surface area contributed by atoms with Crippen molar-refractivity contribution in [1.29, 1.82) is 0 Å². The zero-order valence-electron chi connectivity index (χ0n) is 38.5. The van der Waals surface area contributed by atoms with Gasteiger partial charge in [-0.15, -0.1) is 0 Å². The van der Waals surface area contributed by atoms with E-state index in [9.17, 15) is 0 Å². The number of nitrogens with zero attached hydrogens (tertiary/aromatic N) is 3. The fourth-order valence-electron chi connectivity index (χ4n) is 14.7. The van der Waals surface area contributed by atoms with E-state index in [0.717, 1.165) is 0 Å². The molecule has 0 amide bonds. The molecule has 1 aromatic heterocycles. The smallest absolute Gasteiger partial charge is 0.252 e. The van der Waals surface area contributed by atoms with Gasteiger partial charge in [0.1, 0.15) is 0 Å². The van der Waals surface area contributed by atoms with Gasteiger partial charge in [-0.25, -0.2) is 0 Å². The molecule has 4 aliphatic heterocycles. The van der Waals surface area contributed by atoms with Crippen LogP contribution >= 0.6 is 0 Å². The van der Waals surface area contributed by atoms with E-state index < -0.39 is 0 Å². The van der Waals surface area contributed by atoms with Crippen molar-refractivity contribution in [1.82, 2.24) is 4.57 Å². The summed E-state index contributed by atoms with van der Waals surface area (Å²) in [5.74, 6) is 0. The first-order valence-electron chi connectivity index (χ1n) is 23.5. The van der Waals surface area contributed by atoms with Crippen molar-refractivity contribution in [2.24, 2.45) is 0 Å². The van der Waals surface area contributed by atoms with Crippen LogP contribution in [0.1, 0.15) is 154 Å². The van der Waals surface area contributed by atoms with Gasteiger partial charge in [-0.3, -0.25) is 0 Å². The van der Waals surface area contributed by atoms with Gasteiger partial charge in [0.05, 0.1) is 16.6 Å². The van der Waals surface area contributed by atoms with Gasteiger partial charge in [0.2, 0.25) is 0 Å². The van der Waals surface area contributed by atoms with Gasteiger partial charge in [-0.05, 0) is 145 Å². The van der Waals surface area contributed by atoms with Crippen molar-refractivity contribution in [2.75, 3.05) is 9.80 Å². The molecule has 6 aromatic rings. The molecule has 0 spiro atoms. The fourth-order valence-corrected chi connectivity index (χ4v) is 14.7. The van der Waals surface area contributed by atoms with E-state index in [0.29, 0.717) is 0 Å². The highest BCUT2D eigenvalue weighted by atomic mass is 15.3. The number of benzene rings is 5. The van der Waals surface area contributed by atoms with Crippen LogP contribution in [0.5, 0.6) is 0 Å². The Balaban J connectivity index is 1.28. The van der Waals surface area contributed by atoms with Crippen molar-refractivity contribution in [3.8, 4) is 5.69 Å². The lowest BCUT2D eigenvalue weighted by molar-refractivity contribution is 0.193. The van der Waals surface area contributed by atoms with E-state index in [1.807, 2.05) is 0 Å². The monoisotopic (exact) mass is 790 g/mol. The van der Waals surface area contributed by atoms with Crippen LogP contribution < -0.4 is 26.2 Å². The minimum Gasteiger partial charge on any atom is -0.335 e. The first-order valence-corrected chi connectivity index (χ1v) is 23.5. The summed E-state index contributed by atoms with van der Waals surface area (Å²) in [5.41, 5.74) is 23.5. The average Bonchev–Trinajstić information content (AvgIpc) is 3.72. The molecule has 2 fully saturated rings. The number of rotatable bonds is 1. The van der Waals surface area contributed by atoms with E-state index in [1.165, 1.54) is 135 Å². The Kier molecular flexibility index (Phi) is 7.05. The van der Waals surface area contributed by atoms with Gasteiger partial charge < -0.3 is 14.4 Å². The lowest BCUT2D eigenvalue weighted by atomic mass is 9.33. The van der Waals surface area contributed by atoms with E-state index in [-0.39, 0.29) is 39.5 Å². The van der Waals surface area contributed by atoms with E-state index in [2.05, 4.69) is 170 Å². The van der Waals surface area contributed by atoms with Crippen LogP contribution in [0.2, 0.25) is 0 Å². The van der Waals surface area contributed by atoms with Crippen LogP contribution in [0.25, 0.3) is 27.5 Å². The maximum atomic E-state index is 2.97. The summed E-state index contributed by atoms with van der Waals surface area (Å²) in [6.45, 7) is 29.8. The molecule has 6 aliphatic rings. The molecule has 12 rings (SSSR count). The lowest BCUT2D eigenvalue weighted by Crippen LogP contribution is -2.64. The molecular formula is C56H64BN3. The third-order valence-electron chi connectivity index (χ3n) is 18.2. The third-order valence-corrected chi connectivity index (χ3v) is 18.2. The van der Waals surface area contributed by atoms with Crippen molar-refractivity contribution in [2.45, 2.75) is 167 Å². The lowest BCUT2D eigenvalue weighted by Gasteiger charge is -2.53. The number of fused-ring (bicyclic) bond motifs is 13. The van der Waals surface area contributed by atoms with Crippen LogP contribution in [0.3, 0.4) is 0 Å². The largest absolute Gasteiger partial charge is 0.335 e. The first kappa shape index (κ1) is 37.3. The summed E-state index contributed by atoms with van der Waals surface area (Å²) in [4.78, 5) is 5.82. The van der Waals surface area contributed by atoms with Crippen molar-refractivity contribution >= 4 is 67.7 Å². The molecule has 4 heteroatoms. The Hall–Kier alpha value is -4.44. The molecule has 4 atom stereocenters. The molecule has 3 nitrogen and oxygen atoms in total. The molecule has 5 heterocycles. The molecule has 0 radical (unpaired) electrons. The summed E-state index contributed by atoms with van der Waals surface area (Å²) in [6.07, 6.45) is 10.0. The quantitative estimate of drug-likeness (QED) is 0.154. The van der Waals surface area contributed by atoms with Gasteiger partial charge in [-0.1, -0.05) is 123 Å². The Morgan fingerprint density at radius 1 is 0.567 bits per heavy atom. The van der Waals surface area contributed by atoms with Gasteiger partial charge in [0.15, 0.2) is 0 Å². The van der Waals surface area contributed by atoms with E-state index in [4.69, 9.17) is 0 Å². The highest BCUT2D eigenvalue weighted by Gasteiger charge is 2.63. The zero-order chi connectivity index (χ0) is 41.8. The highest BCUT2D eigenvalue weighted by molar-refractivity contribution is 7.00. The molecule has 0 bridgehead atoms. The average molecular weight is 790 g/mol. The third kappa shape index (κ3) is 4.21. The van der Waals surface area contributed by atoms with Gasteiger partial charge >= 0.3 is 0 Å². The van der Waals surface area contributed by atoms with Crippen molar-refractivity contribution in [3.63, 3.8) is 0 Å². The number of aryl methyl sites for hydroxylation is 2. The minimum atomic E-state index is -0.0341. The molecule has 4 unspecified atom stereocenters. The zero-order valence-corrected chi connectivity index (χ0v) is 38.5. The van der Waals surface area contributed by atoms with Crippen LogP contribution in [0.4, 0.5) is 22.7 Å². The van der Waals surface area contributed by atoms with Crippen LogP contribution in [0, 0.1) is 13.8 Å². The predicted molar refractivity (Wildman–Crippen MR) is 258 cm³/mol. The molecule has 5 aromatic carbocycles. The molecule has 306 valence electrons. The molecule has 0 saturated heterocycles. The van der Waals surface area contributed by atoms with Gasteiger partial charge in [-0.2, -0.15) is 0 Å². The van der Waals surface area contributed by atoms with Crippen molar-refractivity contribution < 1.29 is 0 Å². The number of anilines is 4. The minimum absolute atomic E-state index is 0.000180. The van der Waals surface area contributed by atoms with Crippen LogP contribution in [-0.4, -0.2) is 22.4 Å². The fraction of sp³-hybridized carbons (Fsp3) is 0.464. The summed E-state index contributed by atoms with van der Waals surface area (Å²) < 4.78 is 2.75. The standard InChI is InChI=1S/C56H64BN3/c1-33-27-34(2)47-50-46(33)54(10)24-16-18-26-56(54,12)60(50)45-32-37(59-43-20-14-13-19-40(43)53(9)23-15-17-25-55(53,59)11)31-44-48(45)57(47)41-30-36(52(6,7)8)29-39-38-28-35(51(3,4)5)21-22-42(38)58(44)49(39)41/h13-14,19-22,27-32H,15-18,23-26H2,1-12H3. The highest BCUT2D eigenvalue weighted by Crippen LogP contribution is 2.65. The normalized spacial score (nSPS) is 27.3. The second-order valence-corrected chi connectivity index (χ2v) is 23.3. The maximum absolute atomic E-state index is 2.97. The second kappa shape index (κ2) is 11.3. The summed E-state index contributed by atoms with van der Waals surface area (Å²) in [7, 11) is 0. The number of para-hydroxylation sites is 1. The molecule has 0 N–H and O–H groups in total. The Labute approximate surface area is 359 Å². The van der Waals surface area contributed by atoms with E-state index in [1.54, 1.807) is 16.7 Å². The Morgan fingerprint density at radius 2 is 1.20 bits per heavy atom. The molecule has 2 saturated carbocycles. The number of aromatic nitrogens is 1. The van der Waals surface area contributed by atoms with Crippen LogP contribution in [-0.2, 0) is 21.7 Å². The number of hydrogen-bond acceptors (Lipinski definition) is 2. The summed E-state index contributed by atoms with van der Waals surface area (Å²) >= 11 is 0. The topological polar surface area (TPSA) is 11.4 Å². The first-order chi connectivity index (χ1) is 28.3. The van der Waals surface area contributed by atoms with Crippen molar-refractivity contribution in [3.05, 3.63) is 106 Å². The predicted octanol–water partition coefficient (Wildman–Crippen LogP) is 12.6. The van der Waals surface area contributed by atoms with Crippen LogP contribution in [0.15, 0.2) is 72.8 Å². The van der Waals surface area contributed by atoms with Gasteiger partial charge in [0.25, 0.3) is 6.71 Å². The SMILES string of the molecule is Cc1cc(C)c2c3c1B1c4c(cc(N5c6ccccc6C6(C)CCCCC56C)cc4-n4c5ccc(C(C)(C)C)cc5c5cc(C(C)(C)C)cc1c54)N3C1(C)CCCCC21C. The molecule has 60 heavy (non-hydrogen) atoms. The summed E-state index contributed by atoms with van der Waals surface area (Å²) in [5, 5.41) is 2.80. The van der Waals surface area contributed by atoms with E-state index >= 15 is 0 Å². The second-order valence-electron chi connectivity index (χ2n) is 23.3. The molecule has 2 aliphatic carbocycles. The number of hydrogen-bond donors (Lipinski definition) is 0. The maximum Gasteiger partial charge on any atom is 0.252 e. The van der Waals surface area contributed by atoms with Gasteiger partial charge in [0, 0.05) is 55.6 Å². The molecular weight excluding hydrogens is 725 g/mol. The Bertz CT molecular complexity index is 2920.